The van der Waals surface area contributed by atoms with Gasteiger partial charge < -0.3 is 4.74 Å². The average molecular weight is 455 g/mol. The lowest BCUT2D eigenvalue weighted by Gasteiger charge is -2.32. The summed E-state index contributed by atoms with van der Waals surface area (Å²) in [7, 11) is 0. The molecule has 33 heavy (non-hydrogen) atoms. The molecule has 0 spiro atoms. The molecule has 0 aromatic rings. The first kappa shape index (κ1) is 29.2. The molecule has 1 aliphatic carbocycles. The van der Waals surface area contributed by atoms with Crippen molar-refractivity contribution in [3.8, 4) is 0 Å². The van der Waals surface area contributed by atoms with E-state index in [9.17, 15) is 4.79 Å². The van der Waals surface area contributed by atoms with Crippen molar-refractivity contribution >= 4 is 5.97 Å². The van der Waals surface area contributed by atoms with E-state index in [-0.39, 0.29) is 11.4 Å². The van der Waals surface area contributed by atoms with Gasteiger partial charge in [-0.2, -0.15) is 0 Å². The van der Waals surface area contributed by atoms with Gasteiger partial charge in [-0.25, -0.2) is 0 Å². The molecule has 1 aliphatic rings. The van der Waals surface area contributed by atoms with Crippen LogP contribution in [0, 0.1) is 5.41 Å². The second-order valence-corrected chi connectivity index (χ2v) is 10.4. The lowest BCUT2D eigenvalue weighted by molar-refractivity contribution is -0.142. The van der Waals surface area contributed by atoms with Crippen molar-refractivity contribution in [3.05, 3.63) is 58.7 Å². The van der Waals surface area contributed by atoms with E-state index in [1.165, 1.54) is 74.5 Å². The zero-order valence-corrected chi connectivity index (χ0v) is 22.5. The van der Waals surface area contributed by atoms with Gasteiger partial charge >= 0.3 is 5.97 Å². The molecule has 0 amide bonds. The van der Waals surface area contributed by atoms with E-state index in [1.54, 1.807) is 0 Å². The Morgan fingerprint density at radius 1 is 0.970 bits per heavy atom. The average Bonchev–Trinajstić information content (AvgIpc) is 2.75. The van der Waals surface area contributed by atoms with Gasteiger partial charge in [0.15, 0.2) is 0 Å². The summed E-state index contributed by atoms with van der Waals surface area (Å²) < 4.78 is 5.35. The molecule has 0 aromatic heterocycles. The van der Waals surface area contributed by atoms with Crippen LogP contribution < -0.4 is 0 Å². The Kier molecular flexibility index (Phi) is 14.8. The molecule has 0 fully saturated rings. The third-order valence-corrected chi connectivity index (χ3v) is 6.66. The number of carbonyl (C=O) groups is 1. The number of ether oxygens (including phenoxy) is 1. The molecule has 0 unspecified atom stereocenters. The largest absolute Gasteiger partial charge is 0.461 e. The first-order valence-corrected chi connectivity index (χ1v) is 13.3. The van der Waals surface area contributed by atoms with Crippen LogP contribution in [0.1, 0.15) is 119 Å². The number of unbranched alkanes of at least 4 members (excludes halogenated alkanes) is 7. The van der Waals surface area contributed by atoms with Gasteiger partial charge in [-0.3, -0.25) is 4.79 Å². The smallest absolute Gasteiger partial charge is 0.306 e. The monoisotopic (exact) mass is 454 g/mol. The van der Waals surface area contributed by atoms with Crippen LogP contribution in [0.15, 0.2) is 58.7 Å². The molecular weight excluding hydrogens is 404 g/mol. The molecule has 0 aromatic carbocycles. The summed E-state index contributed by atoms with van der Waals surface area (Å²) in [6.45, 7) is 13.8. The fraction of sp³-hybridized carbons (Fsp3) is 0.645. The third-order valence-electron chi connectivity index (χ3n) is 6.66. The zero-order chi connectivity index (χ0) is 24.5. The minimum Gasteiger partial charge on any atom is -0.461 e. The number of hydrogen-bond acceptors (Lipinski definition) is 2. The Morgan fingerprint density at radius 2 is 1.64 bits per heavy atom. The maximum Gasteiger partial charge on any atom is 0.306 e. The molecule has 0 saturated carbocycles. The molecule has 0 aliphatic heterocycles. The highest BCUT2D eigenvalue weighted by atomic mass is 16.5. The van der Waals surface area contributed by atoms with Crippen LogP contribution in [0.3, 0.4) is 0 Å². The van der Waals surface area contributed by atoms with Gasteiger partial charge in [0.1, 0.15) is 6.61 Å². The van der Waals surface area contributed by atoms with Crippen LogP contribution in [0.2, 0.25) is 0 Å². The quantitative estimate of drug-likeness (QED) is 0.140. The molecule has 0 N–H and O–H groups in total. The number of hydrogen-bond donors (Lipinski definition) is 0. The third kappa shape index (κ3) is 13.5. The lowest BCUT2D eigenvalue weighted by Crippen LogP contribution is -2.19. The lowest BCUT2D eigenvalue weighted by atomic mass is 9.72. The van der Waals surface area contributed by atoms with Gasteiger partial charge in [-0.05, 0) is 63.5 Å². The minimum absolute atomic E-state index is 0.0786. The summed E-state index contributed by atoms with van der Waals surface area (Å²) in [6.07, 6.45) is 27.0. The van der Waals surface area contributed by atoms with Crippen molar-refractivity contribution in [3.63, 3.8) is 0 Å². The van der Waals surface area contributed by atoms with E-state index in [4.69, 9.17) is 4.74 Å². The van der Waals surface area contributed by atoms with Crippen LogP contribution >= 0.6 is 0 Å². The Balaban J connectivity index is 2.30. The van der Waals surface area contributed by atoms with Crippen molar-refractivity contribution in [2.45, 2.75) is 119 Å². The van der Waals surface area contributed by atoms with E-state index < -0.39 is 0 Å². The Labute approximate surface area is 205 Å². The molecule has 0 radical (unpaired) electrons. The van der Waals surface area contributed by atoms with Gasteiger partial charge in [0.05, 0.1) is 0 Å². The Hall–Kier alpha value is -1.83. The first-order valence-electron chi connectivity index (χ1n) is 13.3. The van der Waals surface area contributed by atoms with E-state index in [0.717, 1.165) is 18.4 Å². The van der Waals surface area contributed by atoms with Crippen LogP contribution in [0.4, 0.5) is 0 Å². The standard InChI is InChI=1S/C31H50O2/c1-7-8-9-10-11-12-13-14-20-30(32)33-25-23-27(3)18-15-17-26(2)21-22-29-28(4)19-16-24-31(29,5)6/h15,17-18,21-23H,7-14,16,19-20,24-25H2,1-6H3/b18-15+,22-21+,26-17+,27-23+. The first-order chi connectivity index (χ1) is 15.8. The molecule has 0 atom stereocenters. The number of esters is 1. The van der Waals surface area contributed by atoms with Crippen LogP contribution in [-0.4, -0.2) is 12.6 Å². The minimum atomic E-state index is -0.0786. The van der Waals surface area contributed by atoms with Gasteiger partial charge in [-0.15, -0.1) is 0 Å². The fourth-order valence-electron chi connectivity index (χ4n) is 4.44. The van der Waals surface area contributed by atoms with Crippen LogP contribution in [0.5, 0.6) is 0 Å². The zero-order valence-electron chi connectivity index (χ0n) is 22.5. The molecule has 1 rings (SSSR count). The predicted octanol–water partition coefficient (Wildman–Crippen LogP) is 9.59. The molecule has 2 nitrogen and oxygen atoms in total. The predicted molar refractivity (Wildman–Crippen MR) is 144 cm³/mol. The molecule has 0 saturated heterocycles. The molecule has 0 bridgehead atoms. The maximum atomic E-state index is 11.9. The molecule has 2 heteroatoms. The van der Waals surface area contributed by atoms with Crippen molar-refractivity contribution < 1.29 is 9.53 Å². The molecular formula is C31H50O2. The normalized spacial score (nSPS) is 17.4. The number of carbonyl (C=O) groups excluding carboxylic acids is 1. The highest BCUT2D eigenvalue weighted by molar-refractivity contribution is 5.69. The molecule has 0 heterocycles. The van der Waals surface area contributed by atoms with E-state index >= 15 is 0 Å². The van der Waals surface area contributed by atoms with Gasteiger partial charge in [0, 0.05) is 6.42 Å². The second-order valence-electron chi connectivity index (χ2n) is 10.4. The summed E-state index contributed by atoms with van der Waals surface area (Å²) in [4.78, 5) is 11.9. The van der Waals surface area contributed by atoms with Crippen molar-refractivity contribution in [1.82, 2.24) is 0 Å². The van der Waals surface area contributed by atoms with Crippen molar-refractivity contribution in [2.75, 3.05) is 6.61 Å². The maximum absolute atomic E-state index is 11.9. The summed E-state index contributed by atoms with van der Waals surface area (Å²) in [5, 5.41) is 0. The van der Waals surface area contributed by atoms with Gasteiger partial charge in [0.2, 0.25) is 0 Å². The highest BCUT2D eigenvalue weighted by Gasteiger charge is 2.26. The van der Waals surface area contributed by atoms with E-state index in [2.05, 4.69) is 65.0 Å². The summed E-state index contributed by atoms with van der Waals surface area (Å²) in [5.41, 5.74) is 5.64. The van der Waals surface area contributed by atoms with Crippen LogP contribution in [-0.2, 0) is 9.53 Å². The topological polar surface area (TPSA) is 26.3 Å². The molecule has 186 valence electrons. The summed E-state index contributed by atoms with van der Waals surface area (Å²) >= 11 is 0. The van der Waals surface area contributed by atoms with Crippen molar-refractivity contribution in [2.24, 2.45) is 5.41 Å². The SMILES string of the molecule is CCCCCCCCCCC(=O)OC/C=C(C)/C=C/C=C(C)/C=C/C1=C(C)CCCC1(C)C. The fourth-order valence-corrected chi connectivity index (χ4v) is 4.44. The Bertz CT molecular complexity index is 728. The summed E-state index contributed by atoms with van der Waals surface area (Å²) in [6, 6.07) is 0. The van der Waals surface area contributed by atoms with Crippen molar-refractivity contribution in [1.29, 1.82) is 0 Å². The van der Waals surface area contributed by atoms with Gasteiger partial charge in [-0.1, -0.05) is 113 Å². The van der Waals surface area contributed by atoms with Crippen LogP contribution in [0.25, 0.3) is 0 Å². The summed E-state index contributed by atoms with van der Waals surface area (Å²) in [5.74, 6) is -0.0786. The number of allylic oxidation sites excluding steroid dienone is 9. The second kappa shape index (κ2) is 16.7. The number of rotatable bonds is 15. The van der Waals surface area contributed by atoms with E-state index in [1.807, 2.05) is 13.0 Å². The Morgan fingerprint density at radius 3 is 2.30 bits per heavy atom. The highest BCUT2D eigenvalue weighted by Crippen LogP contribution is 2.40. The van der Waals surface area contributed by atoms with E-state index in [0.29, 0.717) is 13.0 Å². The van der Waals surface area contributed by atoms with Gasteiger partial charge in [0.25, 0.3) is 0 Å².